The van der Waals surface area contributed by atoms with Crippen LogP contribution < -0.4 is 4.90 Å². The summed E-state index contributed by atoms with van der Waals surface area (Å²) in [6.07, 6.45) is 0.865. The van der Waals surface area contributed by atoms with Gasteiger partial charge < -0.3 is 14.4 Å². The van der Waals surface area contributed by atoms with Gasteiger partial charge in [0, 0.05) is 64.5 Å². The Hall–Kier alpha value is -2.97. The van der Waals surface area contributed by atoms with E-state index in [-0.39, 0.29) is 6.03 Å². The van der Waals surface area contributed by atoms with Crippen LogP contribution in [0.4, 0.5) is 14.9 Å². The third kappa shape index (κ3) is 6.38. The fourth-order valence-electron chi connectivity index (χ4n) is 4.68. The highest BCUT2D eigenvalue weighted by Crippen LogP contribution is 2.27. The Balaban J connectivity index is 1.44. The van der Waals surface area contributed by atoms with E-state index in [0.717, 1.165) is 16.8 Å². The van der Waals surface area contributed by atoms with Crippen molar-refractivity contribution in [2.24, 2.45) is 0 Å². The molecule has 2 aromatic rings. The van der Waals surface area contributed by atoms with E-state index in [1.807, 2.05) is 48.2 Å². The summed E-state index contributed by atoms with van der Waals surface area (Å²) in [6, 6.07) is 14.9. The summed E-state index contributed by atoms with van der Waals surface area (Å²) < 4.78 is 25.2. The molecule has 2 heterocycles. The maximum atomic E-state index is 15.1. The standard InChI is InChI=1S/C27H34FN3O4/c1-21-4-3-5-24(18-21)31(19-22-6-8-23(9-7-22)25(32)34-2)26(33)30-14-12-29(13-15-30)20-27(28)10-16-35-17-11-27/h3-9,18H,10-17,19-20H2,1-2H3. The molecule has 188 valence electrons. The van der Waals surface area contributed by atoms with Crippen LogP contribution in [-0.2, 0) is 16.0 Å². The Kier molecular flexibility index (Phi) is 8.03. The second-order valence-electron chi connectivity index (χ2n) is 9.42. The lowest BCUT2D eigenvalue weighted by molar-refractivity contribution is -0.0317. The van der Waals surface area contributed by atoms with E-state index in [2.05, 4.69) is 4.90 Å². The summed E-state index contributed by atoms with van der Waals surface area (Å²) in [4.78, 5) is 31.2. The topological polar surface area (TPSA) is 62.3 Å². The maximum Gasteiger partial charge on any atom is 0.337 e. The summed E-state index contributed by atoms with van der Waals surface area (Å²) in [7, 11) is 1.35. The average Bonchev–Trinajstić information content (AvgIpc) is 2.87. The second kappa shape index (κ2) is 11.2. The number of rotatable bonds is 6. The summed E-state index contributed by atoms with van der Waals surface area (Å²) in [6.45, 7) is 6.11. The second-order valence-corrected chi connectivity index (χ2v) is 9.42. The number of halogens is 1. The van der Waals surface area contributed by atoms with Crippen molar-refractivity contribution in [3.05, 3.63) is 65.2 Å². The van der Waals surface area contributed by atoms with Gasteiger partial charge in [0.05, 0.1) is 19.2 Å². The van der Waals surface area contributed by atoms with Crippen LogP contribution >= 0.6 is 0 Å². The average molecular weight is 484 g/mol. The number of methoxy groups -OCH3 is 1. The number of ether oxygens (including phenoxy) is 2. The molecule has 0 saturated carbocycles. The number of nitrogens with zero attached hydrogens (tertiary/aromatic N) is 3. The lowest BCUT2D eigenvalue weighted by Gasteiger charge is -2.41. The molecule has 0 N–H and O–H groups in total. The minimum Gasteiger partial charge on any atom is -0.465 e. The molecule has 2 fully saturated rings. The smallest absolute Gasteiger partial charge is 0.337 e. The molecule has 7 nitrogen and oxygen atoms in total. The molecule has 8 heteroatoms. The Morgan fingerprint density at radius 1 is 1.06 bits per heavy atom. The fourth-order valence-corrected chi connectivity index (χ4v) is 4.68. The molecule has 35 heavy (non-hydrogen) atoms. The van der Waals surface area contributed by atoms with Crippen LogP contribution in [0.5, 0.6) is 0 Å². The molecule has 0 radical (unpaired) electrons. The SMILES string of the molecule is COC(=O)c1ccc(CN(C(=O)N2CCN(CC3(F)CCOCC3)CC2)c2cccc(C)c2)cc1. The molecule has 2 aliphatic rings. The molecule has 2 aliphatic heterocycles. The normalized spacial score (nSPS) is 18.2. The minimum absolute atomic E-state index is 0.0756. The van der Waals surface area contributed by atoms with Crippen LogP contribution in [-0.4, -0.2) is 80.5 Å². The number of hydrogen-bond donors (Lipinski definition) is 0. The monoisotopic (exact) mass is 483 g/mol. The van der Waals surface area contributed by atoms with Gasteiger partial charge in [0.15, 0.2) is 0 Å². The third-order valence-corrected chi connectivity index (χ3v) is 6.80. The number of esters is 1. The van der Waals surface area contributed by atoms with Gasteiger partial charge in [-0.05, 0) is 42.3 Å². The van der Waals surface area contributed by atoms with Crippen molar-refractivity contribution >= 4 is 17.7 Å². The Morgan fingerprint density at radius 2 is 1.74 bits per heavy atom. The molecule has 2 amide bonds. The highest BCUT2D eigenvalue weighted by Gasteiger charge is 2.36. The number of carbonyl (C=O) groups excluding carboxylic acids is 2. The molecule has 0 aromatic heterocycles. The number of hydrogen-bond acceptors (Lipinski definition) is 5. The molecule has 4 rings (SSSR count). The molecule has 0 atom stereocenters. The molecule has 0 unspecified atom stereocenters. The van der Waals surface area contributed by atoms with Gasteiger partial charge in [-0.1, -0.05) is 24.3 Å². The highest BCUT2D eigenvalue weighted by molar-refractivity contribution is 5.92. The Labute approximate surface area is 206 Å². The first-order valence-electron chi connectivity index (χ1n) is 12.2. The van der Waals surface area contributed by atoms with E-state index in [1.54, 1.807) is 17.0 Å². The zero-order valence-corrected chi connectivity index (χ0v) is 20.5. The number of benzene rings is 2. The lowest BCUT2D eigenvalue weighted by Crippen LogP contribution is -2.55. The van der Waals surface area contributed by atoms with E-state index in [4.69, 9.17) is 9.47 Å². The number of carbonyl (C=O) groups is 2. The molecular weight excluding hydrogens is 449 g/mol. The lowest BCUT2D eigenvalue weighted by atomic mass is 9.95. The summed E-state index contributed by atoms with van der Waals surface area (Å²) >= 11 is 0. The zero-order valence-electron chi connectivity index (χ0n) is 20.5. The van der Waals surface area contributed by atoms with Gasteiger partial charge in [-0.2, -0.15) is 0 Å². The first kappa shape index (κ1) is 25.1. The van der Waals surface area contributed by atoms with Crippen molar-refractivity contribution < 1.29 is 23.5 Å². The highest BCUT2D eigenvalue weighted by atomic mass is 19.1. The Bertz CT molecular complexity index is 1020. The van der Waals surface area contributed by atoms with Gasteiger partial charge in [-0.25, -0.2) is 14.0 Å². The van der Waals surface area contributed by atoms with Crippen LogP contribution in [0.1, 0.15) is 34.3 Å². The van der Waals surface area contributed by atoms with Crippen LogP contribution in [0, 0.1) is 6.92 Å². The van der Waals surface area contributed by atoms with Crippen LogP contribution in [0.2, 0.25) is 0 Å². The summed E-state index contributed by atoms with van der Waals surface area (Å²) in [5, 5.41) is 0. The number of amides is 2. The van der Waals surface area contributed by atoms with E-state index in [9.17, 15) is 9.59 Å². The molecule has 0 aliphatic carbocycles. The van der Waals surface area contributed by atoms with Crippen molar-refractivity contribution in [2.45, 2.75) is 32.0 Å². The van der Waals surface area contributed by atoms with E-state index < -0.39 is 11.6 Å². The van der Waals surface area contributed by atoms with Gasteiger partial charge in [-0.15, -0.1) is 0 Å². The Morgan fingerprint density at radius 3 is 2.37 bits per heavy atom. The van der Waals surface area contributed by atoms with Gasteiger partial charge in [0.25, 0.3) is 0 Å². The van der Waals surface area contributed by atoms with Gasteiger partial charge in [-0.3, -0.25) is 9.80 Å². The van der Waals surface area contributed by atoms with Gasteiger partial charge in [0.2, 0.25) is 0 Å². The van der Waals surface area contributed by atoms with Crippen molar-refractivity contribution in [3.63, 3.8) is 0 Å². The molecular formula is C27H34FN3O4. The van der Waals surface area contributed by atoms with Crippen molar-refractivity contribution in [2.75, 3.05) is 57.9 Å². The molecule has 2 aromatic carbocycles. The fraction of sp³-hybridized carbons (Fsp3) is 0.481. The number of anilines is 1. The molecule has 2 saturated heterocycles. The number of alkyl halides is 1. The summed E-state index contributed by atoms with van der Waals surface area (Å²) in [5.74, 6) is -0.392. The number of urea groups is 1. The number of piperazine rings is 1. The minimum atomic E-state index is -1.20. The van der Waals surface area contributed by atoms with Crippen LogP contribution in [0.25, 0.3) is 0 Å². The number of aryl methyl sites for hydroxylation is 1. The zero-order chi connectivity index (χ0) is 24.8. The predicted molar refractivity (Wildman–Crippen MR) is 132 cm³/mol. The third-order valence-electron chi connectivity index (χ3n) is 6.80. The van der Waals surface area contributed by atoms with E-state index in [0.29, 0.717) is 70.9 Å². The van der Waals surface area contributed by atoms with Crippen molar-refractivity contribution in [1.82, 2.24) is 9.80 Å². The summed E-state index contributed by atoms with van der Waals surface area (Å²) in [5.41, 5.74) is 2.06. The van der Waals surface area contributed by atoms with Crippen LogP contribution in [0.3, 0.4) is 0 Å². The van der Waals surface area contributed by atoms with Crippen molar-refractivity contribution in [1.29, 1.82) is 0 Å². The van der Waals surface area contributed by atoms with E-state index in [1.165, 1.54) is 7.11 Å². The first-order chi connectivity index (χ1) is 16.9. The van der Waals surface area contributed by atoms with Crippen molar-refractivity contribution in [3.8, 4) is 0 Å². The van der Waals surface area contributed by atoms with Gasteiger partial charge >= 0.3 is 12.0 Å². The van der Waals surface area contributed by atoms with E-state index >= 15 is 4.39 Å². The predicted octanol–water partition coefficient (Wildman–Crippen LogP) is 4.04. The van der Waals surface area contributed by atoms with Crippen LogP contribution in [0.15, 0.2) is 48.5 Å². The van der Waals surface area contributed by atoms with Gasteiger partial charge in [0.1, 0.15) is 5.67 Å². The maximum absolute atomic E-state index is 15.1. The largest absolute Gasteiger partial charge is 0.465 e. The molecule has 0 bridgehead atoms. The quantitative estimate of drug-likeness (QED) is 0.581. The molecule has 0 spiro atoms. The first-order valence-corrected chi connectivity index (χ1v) is 12.2.